The predicted octanol–water partition coefficient (Wildman–Crippen LogP) is 2.84. The molecule has 1 aliphatic rings. The number of hydrogen-bond acceptors (Lipinski definition) is 0. The lowest BCUT2D eigenvalue weighted by molar-refractivity contribution is 0.582. The highest BCUT2D eigenvalue weighted by Gasteiger charge is 2.67. The second-order valence-electron chi connectivity index (χ2n) is 3.07. The minimum absolute atomic E-state index is 0.135. The van der Waals surface area contributed by atoms with Gasteiger partial charge in [0, 0.05) is 5.41 Å². The van der Waals surface area contributed by atoms with Gasteiger partial charge in [0.2, 0.25) is 0 Å². The van der Waals surface area contributed by atoms with Crippen molar-refractivity contribution >= 4 is 23.2 Å². The van der Waals surface area contributed by atoms with Gasteiger partial charge in [0.25, 0.3) is 0 Å². The zero-order valence-electron chi connectivity index (χ0n) is 5.33. The molecule has 0 radical (unpaired) electrons. The summed E-state index contributed by atoms with van der Waals surface area (Å²) in [4.78, 5) is 0. The molecule has 1 atom stereocenters. The van der Waals surface area contributed by atoms with Gasteiger partial charge in [0.05, 0.1) is 0 Å². The maximum Gasteiger partial charge on any atom is 0.126 e. The molecule has 0 aromatic carbocycles. The van der Waals surface area contributed by atoms with Gasteiger partial charge >= 0.3 is 0 Å². The summed E-state index contributed by atoms with van der Waals surface area (Å²) in [6.07, 6.45) is 0. The van der Waals surface area contributed by atoms with Crippen molar-refractivity contribution in [2.75, 3.05) is 0 Å². The molecule has 0 saturated heterocycles. The minimum Gasteiger partial charge on any atom is -0.101 e. The summed E-state index contributed by atoms with van der Waals surface area (Å²) in [6.45, 7) is 6.23. The fourth-order valence-corrected chi connectivity index (χ4v) is 1.66. The van der Waals surface area contributed by atoms with E-state index in [-0.39, 0.29) is 5.41 Å². The fraction of sp³-hybridized carbons (Fsp3) is 1.00. The van der Waals surface area contributed by atoms with Gasteiger partial charge < -0.3 is 0 Å². The molecule has 2 heteroatoms. The Kier molecular flexibility index (Phi) is 1.13. The summed E-state index contributed by atoms with van der Waals surface area (Å²) >= 11 is 11.7. The van der Waals surface area contributed by atoms with Gasteiger partial charge in [0.15, 0.2) is 0 Å². The van der Waals surface area contributed by atoms with Gasteiger partial charge in [-0.15, -0.1) is 23.2 Å². The first-order valence-electron chi connectivity index (χ1n) is 2.78. The Balaban J connectivity index is 2.72. The molecule has 0 bridgehead atoms. The number of alkyl halides is 2. The number of rotatable bonds is 0. The third kappa shape index (κ3) is 0.534. The van der Waals surface area contributed by atoms with Gasteiger partial charge in [-0.2, -0.15) is 0 Å². The second-order valence-corrected chi connectivity index (χ2v) is 4.45. The first kappa shape index (κ1) is 6.70. The van der Waals surface area contributed by atoms with Crippen molar-refractivity contribution in [3.63, 3.8) is 0 Å². The molecule has 1 aliphatic carbocycles. The van der Waals surface area contributed by atoms with Crippen LogP contribution in [0.3, 0.4) is 0 Å². The highest BCUT2D eigenvalue weighted by atomic mass is 35.5. The highest BCUT2D eigenvalue weighted by molar-refractivity contribution is 6.51. The lowest BCUT2D eigenvalue weighted by Gasteiger charge is -1.99. The van der Waals surface area contributed by atoms with Crippen molar-refractivity contribution in [1.82, 2.24) is 0 Å². The topological polar surface area (TPSA) is 0 Å². The Morgan fingerprint density at radius 2 is 1.38 bits per heavy atom. The molecule has 48 valence electrons. The average Bonchev–Trinajstić information content (AvgIpc) is 1.88. The largest absolute Gasteiger partial charge is 0.126 e. The molecule has 0 N–H and O–H groups in total. The van der Waals surface area contributed by atoms with E-state index in [0.29, 0.717) is 5.92 Å². The second kappa shape index (κ2) is 1.35. The SMILES string of the molecule is CC1C(C)(C)C1(Cl)Cl. The molecule has 0 spiro atoms. The van der Waals surface area contributed by atoms with Crippen molar-refractivity contribution in [2.45, 2.75) is 25.1 Å². The molecule has 1 rings (SSSR count). The van der Waals surface area contributed by atoms with Crippen molar-refractivity contribution in [2.24, 2.45) is 11.3 Å². The minimum atomic E-state index is -0.451. The lowest BCUT2D eigenvalue weighted by atomic mass is 10.1. The van der Waals surface area contributed by atoms with Gasteiger partial charge in [-0.1, -0.05) is 20.8 Å². The summed E-state index contributed by atoms with van der Waals surface area (Å²) in [7, 11) is 0. The van der Waals surface area contributed by atoms with Crippen LogP contribution in [0.5, 0.6) is 0 Å². The lowest BCUT2D eigenvalue weighted by Crippen LogP contribution is -1.96. The van der Waals surface area contributed by atoms with E-state index in [1.54, 1.807) is 0 Å². The van der Waals surface area contributed by atoms with E-state index in [9.17, 15) is 0 Å². The van der Waals surface area contributed by atoms with Crippen LogP contribution in [0, 0.1) is 11.3 Å². The van der Waals surface area contributed by atoms with Crippen molar-refractivity contribution in [1.29, 1.82) is 0 Å². The number of halogens is 2. The molecule has 0 amide bonds. The Morgan fingerprint density at radius 1 is 1.25 bits per heavy atom. The van der Waals surface area contributed by atoms with E-state index in [4.69, 9.17) is 23.2 Å². The molecule has 0 heterocycles. The quantitative estimate of drug-likeness (QED) is 0.469. The zero-order chi connectivity index (χ0) is 6.58. The van der Waals surface area contributed by atoms with Crippen LogP contribution in [-0.2, 0) is 0 Å². The third-order valence-electron chi connectivity index (χ3n) is 2.40. The van der Waals surface area contributed by atoms with E-state index >= 15 is 0 Å². The molecule has 0 aromatic rings. The molecule has 0 aromatic heterocycles. The van der Waals surface area contributed by atoms with E-state index in [2.05, 4.69) is 20.8 Å². The van der Waals surface area contributed by atoms with E-state index in [1.165, 1.54) is 0 Å². The Labute approximate surface area is 60.2 Å². The molecule has 0 nitrogen and oxygen atoms in total. The van der Waals surface area contributed by atoms with E-state index < -0.39 is 4.33 Å². The van der Waals surface area contributed by atoms with Gasteiger partial charge in [-0.3, -0.25) is 0 Å². The Morgan fingerprint density at radius 3 is 1.38 bits per heavy atom. The van der Waals surface area contributed by atoms with Crippen LogP contribution in [0.2, 0.25) is 0 Å². The van der Waals surface area contributed by atoms with Gasteiger partial charge in [-0.25, -0.2) is 0 Å². The summed E-state index contributed by atoms with van der Waals surface area (Å²) in [6, 6.07) is 0. The van der Waals surface area contributed by atoms with Crippen molar-refractivity contribution in [3.05, 3.63) is 0 Å². The monoisotopic (exact) mass is 152 g/mol. The molecule has 8 heavy (non-hydrogen) atoms. The van der Waals surface area contributed by atoms with Gasteiger partial charge in [0.1, 0.15) is 4.33 Å². The maximum atomic E-state index is 5.85. The van der Waals surface area contributed by atoms with Crippen LogP contribution in [-0.4, -0.2) is 4.33 Å². The average molecular weight is 153 g/mol. The van der Waals surface area contributed by atoms with Crippen LogP contribution >= 0.6 is 23.2 Å². The van der Waals surface area contributed by atoms with Crippen LogP contribution in [0.25, 0.3) is 0 Å². The zero-order valence-corrected chi connectivity index (χ0v) is 6.85. The standard InChI is InChI=1S/C6H10Cl2/c1-4-5(2,3)6(4,7)8/h4H,1-3H3. The first-order chi connectivity index (χ1) is 3.40. The summed E-state index contributed by atoms with van der Waals surface area (Å²) < 4.78 is -0.451. The smallest absolute Gasteiger partial charge is 0.101 e. The summed E-state index contributed by atoms with van der Waals surface area (Å²) in [5.41, 5.74) is 0.135. The van der Waals surface area contributed by atoms with Crippen molar-refractivity contribution in [3.8, 4) is 0 Å². The van der Waals surface area contributed by atoms with Crippen LogP contribution in [0.1, 0.15) is 20.8 Å². The molecule has 1 fully saturated rings. The fourth-order valence-electron chi connectivity index (χ4n) is 0.898. The Bertz CT molecular complexity index is 102. The van der Waals surface area contributed by atoms with Crippen LogP contribution in [0.15, 0.2) is 0 Å². The highest BCUT2D eigenvalue weighted by Crippen LogP contribution is 2.68. The van der Waals surface area contributed by atoms with Crippen LogP contribution < -0.4 is 0 Å². The molecule has 1 saturated carbocycles. The van der Waals surface area contributed by atoms with Crippen molar-refractivity contribution < 1.29 is 0 Å². The van der Waals surface area contributed by atoms with E-state index in [1.807, 2.05) is 0 Å². The summed E-state index contributed by atoms with van der Waals surface area (Å²) in [5.74, 6) is 0.443. The maximum absolute atomic E-state index is 5.85. The van der Waals surface area contributed by atoms with Crippen LogP contribution in [0.4, 0.5) is 0 Å². The molecular weight excluding hydrogens is 143 g/mol. The molecule has 1 unspecified atom stereocenters. The first-order valence-corrected chi connectivity index (χ1v) is 3.54. The summed E-state index contributed by atoms with van der Waals surface area (Å²) in [5, 5.41) is 0. The Hall–Kier alpha value is 0.580. The third-order valence-corrected chi connectivity index (χ3v) is 4.03. The predicted molar refractivity (Wildman–Crippen MR) is 37.4 cm³/mol. The normalized spacial score (nSPS) is 39.4. The number of hydrogen-bond donors (Lipinski definition) is 0. The molecule has 0 aliphatic heterocycles. The van der Waals surface area contributed by atoms with E-state index in [0.717, 1.165) is 0 Å². The molecular formula is C6H10Cl2. The van der Waals surface area contributed by atoms with Gasteiger partial charge in [-0.05, 0) is 5.92 Å².